The molecule has 140 valence electrons. The summed E-state index contributed by atoms with van der Waals surface area (Å²) in [6.07, 6.45) is 7.01. The molecule has 7 heteroatoms. The number of carboxylic acids is 1. The zero-order valence-electron chi connectivity index (χ0n) is 14.3. The lowest BCUT2D eigenvalue weighted by Crippen LogP contribution is -2.44. The maximum Gasteiger partial charge on any atom is 0.326 e. The summed E-state index contributed by atoms with van der Waals surface area (Å²) in [5.41, 5.74) is 0. The molecule has 1 fully saturated rings. The fourth-order valence-electron chi connectivity index (χ4n) is 3.65. The minimum absolute atomic E-state index is 0.00676. The summed E-state index contributed by atoms with van der Waals surface area (Å²) in [6.45, 7) is -0.00676. The van der Waals surface area contributed by atoms with Crippen molar-refractivity contribution in [3.63, 3.8) is 0 Å². The first-order chi connectivity index (χ1) is 12.5. The SMILES string of the molecule is O=C(O)C(CC1CCCCC1)N1CC(Oc2c(F)cccc2Cl)=CC1=O. The molecule has 0 spiro atoms. The number of halogens is 2. The Kier molecular flexibility index (Phi) is 5.81. The summed E-state index contributed by atoms with van der Waals surface area (Å²) < 4.78 is 19.3. The quantitative estimate of drug-likeness (QED) is 0.808. The van der Waals surface area contributed by atoms with E-state index in [1.54, 1.807) is 0 Å². The van der Waals surface area contributed by atoms with Gasteiger partial charge in [-0.2, -0.15) is 0 Å². The second-order valence-electron chi connectivity index (χ2n) is 6.82. The van der Waals surface area contributed by atoms with Crippen LogP contribution in [0, 0.1) is 11.7 Å². The lowest BCUT2D eigenvalue weighted by Gasteiger charge is -2.30. The van der Waals surface area contributed by atoms with E-state index in [0.717, 1.165) is 25.7 Å². The van der Waals surface area contributed by atoms with Gasteiger partial charge in [0.15, 0.2) is 11.6 Å². The van der Waals surface area contributed by atoms with E-state index >= 15 is 0 Å². The Bertz CT molecular complexity index is 710. The summed E-state index contributed by atoms with van der Waals surface area (Å²) in [4.78, 5) is 25.3. The highest BCUT2D eigenvalue weighted by atomic mass is 35.5. The van der Waals surface area contributed by atoms with E-state index in [2.05, 4.69) is 0 Å². The van der Waals surface area contributed by atoms with E-state index < -0.39 is 23.7 Å². The van der Waals surface area contributed by atoms with Gasteiger partial charge in [0.05, 0.1) is 11.6 Å². The van der Waals surface area contributed by atoms with Crippen molar-refractivity contribution >= 4 is 23.5 Å². The third-order valence-electron chi connectivity index (χ3n) is 4.99. The molecule has 5 nitrogen and oxygen atoms in total. The van der Waals surface area contributed by atoms with Crippen LogP contribution < -0.4 is 4.74 Å². The fourth-order valence-corrected chi connectivity index (χ4v) is 3.85. The minimum atomic E-state index is -1.03. The van der Waals surface area contributed by atoms with E-state index in [-0.39, 0.29) is 23.1 Å². The van der Waals surface area contributed by atoms with Crippen LogP contribution in [-0.2, 0) is 9.59 Å². The van der Waals surface area contributed by atoms with Crippen LogP contribution in [0.1, 0.15) is 38.5 Å². The third-order valence-corrected chi connectivity index (χ3v) is 5.29. The molecule has 1 aromatic rings. The van der Waals surface area contributed by atoms with Gasteiger partial charge in [0, 0.05) is 6.08 Å². The summed E-state index contributed by atoms with van der Waals surface area (Å²) >= 11 is 5.94. The van der Waals surface area contributed by atoms with Gasteiger partial charge in [-0.05, 0) is 24.5 Å². The van der Waals surface area contributed by atoms with Gasteiger partial charge in [-0.1, -0.05) is 49.8 Å². The first-order valence-electron chi connectivity index (χ1n) is 8.81. The van der Waals surface area contributed by atoms with Crippen LogP contribution >= 0.6 is 11.6 Å². The lowest BCUT2D eigenvalue weighted by atomic mass is 9.84. The molecule has 0 bridgehead atoms. The Morgan fingerprint density at radius 2 is 2.08 bits per heavy atom. The molecular formula is C19H21ClFNO4. The standard InChI is InChI=1S/C19H21ClFNO4/c20-14-7-4-8-15(21)18(14)26-13-10-17(23)22(11-13)16(19(24)25)9-12-5-2-1-3-6-12/h4,7-8,10,12,16H,1-3,5-6,9,11H2,(H,24,25). The number of hydrogen-bond donors (Lipinski definition) is 1. The van der Waals surface area contributed by atoms with Crippen LogP contribution in [0.3, 0.4) is 0 Å². The predicted octanol–water partition coefficient (Wildman–Crippen LogP) is 4.01. The highest BCUT2D eigenvalue weighted by molar-refractivity contribution is 6.32. The number of aliphatic carboxylic acids is 1. The van der Waals surface area contributed by atoms with Gasteiger partial charge < -0.3 is 14.7 Å². The van der Waals surface area contributed by atoms with Crippen molar-refractivity contribution in [2.45, 2.75) is 44.6 Å². The number of carbonyl (C=O) groups is 2. The number of para-hydroxylation sites is 1. The van der Waals surface area contributed by atoms with Crippen molar-refractivity contribution < 1.29 is 23.8 Å². The molecule has 1 aliphatic carbocycles. The molecule has 1 aromatic carbocycles. The molecule has 1 N–H and O–H groups in total. The molecule has 1 amide bonds. The molecule has 0 saturated heterocycles. The van der Waals surface area contributed by atoms with Crippen molar-refractivity contribution in [3.8, 4) is 5.75 Å². The summed E-state index contributed by atoms with van der Waals surface area (Å²) in [6, 6.07) is 3.24. The average molecular weight is 382 g/mol. The fraction of sp³-hybridized carbons (Fsp3) is 0.474. The summed E-state index contributed by atoms with van der Waals surface area (Å²) in [7, 11) is 0. The van der Waals surface area contributed by atoms with E-state index in [9.17, 15) is 19.1 Å². The van der Waals surface area contributed by atoms with Crippen molar-refractivity contribution in [1.82, 2.24) is 4.90 Å². The molecule has 1 unspecified atom stereocenters. The summed E-state index contributed by atoms with van der Waals surface area (Å²) in [5.74, 6) is -1.76. The van der Waals surface area contributed by atoms with Crippen LogP contribution in [0.15, 0.2) is 30.0 Å². The number of amides is 1. The zero-order valence-corrected chi connectivity index (χ0v) is 15.0. The number of nitrogens with zero attached hydrogens (tertiary/aromatic N) is 1. The van der Waals surface area contributed by atoms with Gasteiger partial charge in [0.1, 0.15) is 11.8 Å². The predicted molar refractivity (Wildman–Crippen MR) is 94.4 cm³/mol. The molecule has 1 atom stereocenters. The van der Waals surface area contributed by atoms with Crippen LogP contribution in [0.5, 0.6) is 5.75 Å². The smallest absolute Gasteiger partial charge is 0.326 e. The van der Waals surface area contributed by atoms with E-state index in [0.29, 0.717) is 12.3 Å². The van der Waals surface area contributed by atoms with E-state index in [1.807, 2.05) is 0 Å². The number of hydrogen-bond acceptors (Lipinski definition) is 3. The number of ether oxygens (including phenoxy) is 1. The Balaban J connectivity index is 1.69. The largest absolute Gasteiger partial charge is 0.480 e. The second kappa shape index (κ2) is 8.08. The maximum atomic E-state index is 13.9. The van der Waals surface area contributed by atoms with E-state index in [4.69, 9.17) is 16.3 Å². The van der Waals surface area contributed by atoms with Crippen LogP contribution in [0.2, 0.25) is 5.02 Å². The van der Waals surface area contributed by atoms with Crippen molar-refractivity contribution in [1.29, 1.82) is 0 Å². The lowest BCUT2D eigenvalue weighted by molar-refractivity contribution is -0.148. The molecule has 3 rings (SSSR count). The zero-order chi connectivity index (χ0) is 18.7. The molecule has 26 heavy (non-hydrogen) atoms. The summed E-state index contributed by atoms with van der Waals surface area (Å²) in [5, 5.41) is 9.70. The van der Waals surface area contributed by atoms with Crippen molar-refractivity contribution in [3.05, 3.63) is 40.9 Å². The van der Waals surface area contributed by atoms with Gasteiger partial charge in [0.2, 0.25) is 0 Å². The maximum absolute atomic E-state index is 13.9. The van der Waals surface area contributed by atoms with E-state index in [1.165, 1.54) is 35.6 Å². The monoisotopic (exact) mass is 381 g/mol. The van der Waals surface area contributed by atoms with Gasteiger partial charge >= 0.3 is 5.97 Å². The van der Waals surface area contributed by atoms with Gasteiger partial charge in [-0.3, -0.25) is 4.79 Å². The molecule has 1 saturated carbocycles. The van der Waals surface area contributed by atoms with Crippen molar-refractivity contribution in [2.24, 2.45) is 5.92 Å². The van der Waals surface area contributed by atoms with Crippen LogP contribution in [0.25, 0.3) is 0 Å². The topological polar surface area (TPSA) is 66.8 Å². The average Bonchev–Trinajstić information content (AvgIpc) is 2.97. The Labute approximate surface area is 156 Å². The molecule has 0 aromatic heterocycles. The first-order valence-corrected chi connectivity index (χ1v) is 9.19. The number of rotatable bonds is 6. The molecular weight excluding hydrogens is 361 g/mol. The highest BCUT2D eigenvalue weighted by Crippen LogP contribution is 2.32. The van der Waals surface area contributed by atoms with Gasteiger partial charge in [-0.25, -0.2) is 9.18 Å². The number of benzene rings is 1. The molecule has 1 heterocycles. The molecule has 2 aliphatic rings. The normalized spacial score (nSPS) is 19.4. The van der Waals surface area contributed by atoms with Crippen LogP contribution in [-0.4, -0.2) is 34.5 Å². The third kappa shape index (κ3) is 4.18. The second-order valence-corrected chi connectivity index (χ2v) is 7.23. The van der Waals surface area contributed by atoms with Crippen molar-refractivity contribution in [2.75, 3.05) is 6.54 Å². The molecule has 0 radical (unpaired) electrons. The Morgan fingerprint density at radius 3 is 2.73 bits per heavy atom. The Hall–Kier alpha value is -2.08. The van der Waals surface area contributed by atoms with Gasteiger partial charge in [-0.15, -0.1) is 0 Å². The van der Waals surface area contributed by atoms with Crippen LogP contribution in [0.4, 0.5) is 4.39 Å². The Morgan fingerprint density at radius 1 is 1.35 bits per heavy atom. The molecule has 1 aliphatic heterocycles. The minimum Gasteiger partial charge on any atom is -0.480 e. The highest BCUT2D eigenvalue weighted by Gasteiger charge is 2.36. The first kappa shape index (κ1) is 18.7. The van der Waals surface area contributed by atoms with Gasteiger partial charge in [0.25, 0.3) is 5.91 Å². The number of carbonyl (C=O) groups excluding carboxylic acids is 1. The number of carboxylic acid groups (broad SMARTS) is 1.